The lowest BCUT2D eigenvalue weighted by atomic mass is 10.1. The Kier molecular flexibility index (Phi) is 6.11. The molecule has 2 fully saturated rings. The van der Waals surface area contributed by atoms with Crippen molar-refractivity contribution in [2.75, 3.05) is 37.6 Å². The van der Waals surface area contributed by atoms with E-state index in [0.717, 1.165) is 43.0 Å². The molecule has 1 atom stereocenters. The number of rotatable bonds is 4. The van der Waals surface area contributed by atoms with Crippen LogP contribution in [0.15, 0.2) is 53.4 Å². The molecule has 33 heavy (non-hydrogen) atoms. The van der Waals surface area contributed by atoms with Crippen LogP contribution in [0.2, 0.25) is 0 Å². The van der Waals surface area contributed by atoms with Gasteiger partial charge in [-0.3, -0.25) is 4.79 Å². The minimum atomic E-state index is -3.53. The number of piperidine rings is 1. The Morgan fingerprint density at radius 2 is 1.70 bits per heavy atom. The second kappa shape index (κ2) is 9.04. The fourth-order valence-corrected chi connectivity index (χ4v) is 7.33. The molecule has 2 aromatic carbocycles. The van der Waals surface area contributed by atoms with E-state index in [2.05, 4.69) is 11.0 Å². The Labute approximate surface area is 198 Å². The summed E-state index contributed by atoms with van der Waals surface area (Å²) >= 11 is 1.68. The summed E-state index contributed by atoms with van der Waals surface area (Å²) in [6.07, 6.45) is 2.84. The molecule has 0 bridgehead atoms. The van der Waals surface area contributed by atoms with Crippen LogP contribution in [0.5, 0.6) is 0 Å². The highest BCUT2D eigenvalue weighted by Crippen LogP contribution is 2.29. The third kappa shape index (κ3) is 4.37. The lowest BCUT2D eigenvalue weighted by Gasteiger charge is -2.34. The molecule has 174 valence electrons. The molecule has 0 spiro atoms. The van der Waals surface area contributed by atoms with Gasteiger partial charge >= 0.3 is 0 Å². The largest absolute Gasteiger partial charge is 0.345 e. The van der Waals surface area contributed by atoms with Gasteiger partial charge in [0.15, 0.2) is 5.13 Å². The molecule has 0 saturated carbocycles. The van der Waals surface area contributed by atoms with Crippen LogP contribution in [0.4, 0.5) is 5.13 Å². The predicted octanol–water partition coefficient (Wildman–Crippen LogP) is 3.82. The molecule has 5 rings (SSSR count). The second-order valence-electron chi connectivity index (χ2n) is 8.73. The first-order valence-electron chi connectivity index (χ1n) is 11.5. The van der Waals surface area contributed by atoms with Crippen LogP contribution in [0.1, 0.15) is 36.5 Å². The zero-order chi connectivity index (χ0) is 23.0. The van der Waals surface area contributed by atoms with Crippen molar-refractivity contribution in [1.82, 2.24) is 14.2 Å². The van der Waals surface area contributed by atoms with Crippen molar-refractivity contribution < 1.29 is 13.2 Å². The smallest absolute Gasteiger partial charge is 0.253 e. The number of nitrogens with zero attached hydrogens (tertiary/aromatic N) is 4. The van der Waals surface area contributed by atoms with E-state index in [1.807, 2.05) is 30.0 Å². The first-order valence-corrected chi connectivity index (χ1v) is 13.7. The SMILES string of the molecule is CC1CCCCN1S(=O)(=O)c1ccc(C(=O)N2CCN(c3nc4ccccc4s3)CC2)cc1. The van der Waals surface area contributed by atoms with Gasteiger partial charge in [0.1, 0.15) is 0 Å². The number of para-hydroxylation sites is 1. The topological polar surface area (TPSA) is 73.8 Å². The summed E-state index contributed by atoms with van der Waals surface area (Å²) in [5.74, 6) is -0.0609. The molecular weight excluding hydrogens is 456 g/mol. The minimum Gasteiger partial charge on any atom is -0.345 e. The normalized spacial score (nSPS) is 20.3. The molecule has 0 radical (unpaired) electrons. The maximum Gasteiger partial charge on any atom is 0.253 e. The van der Waals surface area contributed by atoms with Crippen molar-refractivity contribution in [3.63, 3.8) is 0 Å². The van der Waals surface area contributed by atoms with Crippen molar-refractivity contribution >= 4 is 42.6 Å². The highest BCUT2D eigenvalue weighted by atomic mass is 32.2. The Morgan fingerprint density at radius 1 is 0.970 bits per heavy atom. The first kappa shape index (κ1) is 22.3. The van der Waals surface area contributed by atoms with Crippen molar-refractivity contribution in [3.8, 4) is 0 Å². The summed E-state index contributed by atoms with van der Waals surface area (Å²) in [7, 11) is -3.53. The van der Waals surface area contributed by atoms with Crippen LogP contribution in [0, 0.1) is 0 Å². The number of benzene rings is 2. The lowest BCUT2D eigenvalue weighted by molar-refractivity contribution is 0.0746. The lowest BCUT2D eigenvalue weighted by Crippen LogP contribution is -2.48. The molecule has 0 aliphatic carbocycles. The quantitative estimate of drug-likeness (QED) is 0.563. The van der Waals surface area contributed by atoms with Gasteiger partial charge in [-0.2, -0.15) is 4.31 Å². The van der Waals surface area contributed by atoms with Gasteiger partial charge < -0.3 is 9.80 Å². The van der Waals surface area contributed by atoms with Crippen LogP contribution in [0.25, 0.3) is 10.2 Å². The maximum atomic E-state index is 13.0. The molecular formula is C24H28N4O3S2. The van der Waals surface area contributed by atoms with Crippen molar-refractivity contribution in [3.05, 3.63) is 54.1 Å². The highest BCUT2D eigenvalue weighted by molar-refractivity contribution is 7.89. The molecule has 7 nitrogen and oxygen atoms in total. The van der Waals surface area contributed by atoms with E-state index in [1.165, 1.54) is 4.70 Å². The van der Waals surface area contributed by atoms with E-state index >= 15 is 0 Å². The van der Waals surface area contributed by atoms with Crippen molar-refractivity contribution in [2.45, 2.75) is 37.1 Å². The molecule has 1 aromatic heterocycles. The average Bonchev–Trinajstić information content (AvgIpc) is 3.28. The molecule has 1 amide bonds. The number of anilines is 1. The zero-order valence-corrected chi connectivity index (χ0v) is 20.3. The number of hydrogen-bond donors (Lipinski definition) is 0. The van der Waals surface area contributed by atoms with E-state index in [-0.39, 0.29) is 16.8 Å². The van der Waals surface area contributed by atoms with E-state index in [1.54, 1.807) is 39.9 Å². The second-order valence-corrected chi connectivity index (χ2v) is 11.6. The number of amides is 1. The third-order valence-corrected chi connectivity index (χ3v) is 9.69. The van der Waals surface area contributed by atoms with Crippen LogP contribution in [-0.2, 0) is 10.0 Å². The van der Waals surface area contributed by atoms with Crippen LogP contribution < -0.4 is 4.90 Å². The summed E-state index contributed by atoms with van der Waals surface area (Å²) in [5, 5.41) is 0.991. The van der Waals surface area contributed by atoms with Crippen LogP contribution in [-0.4, -0.2) is 67.3 Å². The van der Waals surface area contributed by atoms with E-state index in [4.69, 9.17) is 4.98 Å². The van der Waals surface area contributed by atoms with E-state index in [9.17, 15) is 13.2 Å². The summed E-state index contributed by atoms with van der Waals surface area (Å²) in [4.78, 5) is 22.1. The van der Waals surface area contributed by atoms with E-state index in [0.29, 0.717) is 25.2 Å². The summed E-state index contributed by atoms with van der Waals surface area (Å²) < 4.78 is 28.8. The van der Waals surface area contributed by atoms with Crippen LogP contribution >= 0.6 is 11.3 Å². The van der Waals surface area contributed by atoms with Gasteiger partial charge in [0, 0.05) is 44.3 Å². The Balaban J connectivity index is 1.24. The number of aromatic nitrogens is 1. The number of thiazole rings is 1. The van der Waals surface area contributed by atoms with Gasteiger partial charge in [-0.1, -0.05) is 29.9 Å². The number of sulfonamides is 1. The summed E-state index contributed by atoms with van der Waals surface area (Å²) in [6.45, 7) is 5.20. The molecule has 2 aliphatic rings. The number of piperazine rings is 1. The Hall–Kier alpha value is -2.49. The molecule has 9 heteroatoms. The molecule has 0 N–H and O–H groups in total. The van der Waals surface area contributed by atoms with Gasteiger partial charge in [0.2, 0.25) is 10.0 Å². The van der Waals surface area contributed by atoms with Crippen molar-refractivity contribution in [2.24, 2.45) is 0 Å². The summed E-state index contributed by atoms with van der Waals surface area (Å²) in [5.41, 5.74) is 1.53. The minimum absolute atomic E-state index is 0.0109. The summed E-state index contributed by atoms with van der Waals surface area (Å²) in [6, 6.07) is 14.5. The number of carbonyl (C=O) groups excluding carboxylic acids is 1. The zero-order valence-electron chi connectivity index (χ0n) is 18.7. The number of fused-ring (bicyclic) bond motifs is 1. The standard InChI is InChI=1S/C24H28N4O3S2/c1-18-6-4-5-13-28(18)33(30,31)20-11-9-19(10-12-20)23(29)26-14-16-27(17-15-26)24-25-21-7-2-3-8-22(21)32-24/h2-3,7-12,18H,4-6,13-17H2,1H3. The molecule has 2 aliphatic heterocycles. The highest BCUT2D eigenvalue weighted by Gasteiger charge is 2.31. The van der Waals surface area contributed by atoms with Gasteiger partial charge in [-0.25, -0.2) is 13.4 Å². The van der Waals surface area contributed by atoms with Gasteiger partial charge in [0.05, 0.1) is 15.1 Å². The monoisotopic (exact) mass is 484 g/mol. The predicted molar refractivity (Wildman–Crippen MR) is 131 cm³/mol. The average molecular weight is 485 g/mol. The third-order valence-electron chi connectivity index (χ3n) is 6.57. The number of carbonyl (C=O) groups is 1. The number of hydrogen-bond acceptors (Lipinski definition) is 6. The molecule has 1 unspecified atom stereocenters. The molecule has 3 aromatic rings. The fraction of sp³-hybridized carbons (Fsp3) is 0.417. The maximum absolute atomic E-state index is 13.0. The fourth-order valence-electron chi connectivity index (χ4n) is 4.61. The van der Waals surface area contributed by atoms with E-state index < -0.39 is 10.0 Å². The van der Waals surface area contributed by atoms with Gasteiger partial charge in [-0.15, -0.1) is 0 Å². The van der Waals surface area contributed by atoms with Gasteiger partial charge in [-0.05, 0) is 56.2 Å². The van der Waals surface area contributed by atoms with Crippen molar-refractivity contribution in [1.29, 1.82) is 0 Å². The molecule has 3 heterocycles. The van der Waals surface area contributed by atoms with Crippen LogP contribution in [0.3, 0.4) is 0 Å². The first-order chi connectivity index (χ1) is 15.9. The Morgan fingerprint density at radius 3 is 2.39 bits per heavy atom. The van der Waals surface area contributed by atoms with Gasteiger partial charge in [0.25, 0.3) is 5.91 Å². The Bertz CT molecular complexity index is 1220. The molecule has 2 saturated heterocycles.